The van der Waals surface area contributed by atoms with Crippen LogP contribution in [0.1, 0.15) is 44.9 Å². The van der Waals surface area contributed by atoms with E-state index in [0.717, 1.165) is 6.54 Å². The van der Waals surface area contributed by atoms with Crippen LogP contribution in [0.3, 0.4) is 0 Å². The van der Waals surface area contributed by atoms with E-state index in [0.29, 0.717) is 30.2 Å². The fraction of sp³-hybridized carbons (Fsp3) is 0.833. The molecule has 1 atom stereocenters. The maximum atomic E-state index is 5.67. The zero-order valence-corrected chi connectivity index (χ0v) is 11.1. The molecular formula is C12H20ClN3O. The SMILES string of the molecule is CCCC1CCCCN1c1nnc(CCCl)o1. The number of rotatable bonds is 5. The summed E-state index contributed by atoms with van der Waals surface area (Å²) in [5, 5.41) is 8.17. The highest BCUT2D eigenvalue weighted by Gasteiger charge is 2.25. The second kappa shape index (κ2) is 6.24. The minimum Gasteiger partial charge on any atom is -0.408 e. The van der Waals surface area contributed by atoms with E-state index < -0.39 is 0 Å². The first-order valence-corrected chi connectivity index (χ1v) is 7.03. The lowest BCUT2D eigenvalue weighted by Gasteiger charge is -2.34. The van der Waals surface area contributed by atoms with E-state index in [4.69, 9.17) is 16.0 Å². The van der Waals surface area contributed by atoms with Gasteiger partial charge in [-0.1, -0.05) is 18.4 Å². The normalized spacial score (nSPS) is 20.8. The second-order valence-corrected chi connectivity index (χ2v) is 4.93. The van der Waals surface area contributed by atoms with Crippen molar-refractivity contribution in [2.45, 2.75) is 51.5 Å². The summed E-state index contributed by atoms with van der Waals surface area (Å²) in [5.74, 6) is 1.18. The molecule has 0 amide bonds. The summed E-state index contributed by atoms with van der Waals surface area (Å²) in [4.78, 5) is 2.28. The van der Waals surface area contributed by atoms with Crippen LogP contribution in [0.5, 0.6) is 0 Å². The third-order valence-electron chi connectivity index (χ3n) is 3.26. The molecule has 0 aliphatic carbocycles. The van der Waals surface area contributed by atoms with E-state index in [-0.39, 0.29) is 0 Å². The van der Waals surface area contributed by atoms with Crippen molar-refractivity contribution in [3.63, 3.8) is 0 Å². The molecule has 0 aromatic carbocycles. The summed E-state index contributed by atoms with van der Waals surface area (Å²) in [6.45, 7) is 3.26. The molecule has 2 heterocycles. The molecule has 1 aliphatic heterocycles. The van der Waals surface area contributed by atoms with Gasteiger partial charge in [-0.15, -0.1) is 16.7 Å². The van der Waals surface area contributed by atoms with Gasteiger partial charge in [-0.25, -0.2) is 0 Å². The molecule has 0 spiro atoms. The van der Waals surface area contributed by atoms with Gasteiger partial charge in [-0.05, 0) is 25.7 Å². The number of alkyl halides is 1. The molecule has 1 saturated heterocycles. The summed E-state index contributed by atoms with van der Waals surface area (Å²) in [6, 6.07) is 1.25. The van der Waals surface area contributed by atoms with Crippen molar-refractivity contribution in [2.24, 2.45) is 0 Å². The molecule has 1 fully saturated rings. The Bertz CT molecular complexity index is 340. The van der Waals surface area contributed by atoms with Gasteiger partial charge in [0, 0.05) is 24.9 Å². The van der Waals surface area contributed by atoms with E-state index in [2.05, 4.69) is 22.0 Å². The van der Waals surface area contributed by atoms with Crippen molar-refractivity contribution in [1.29, 1.82) is 0 Å². The lowest BCUT2D eigenvalue weighted by Crippen LogP contribution is -2.39. The van der Waals surface area contributed by atoms with Gasteiger partial charge >= 0.3 is 6.01 Å². The molecule has 0 N–H and O–H groups in total. The highest BCUT2D eigenvalue weighted by Crippen LogP contribution is 2.26. The van der Waals surface area contributed by atoms with Crippen LogP contribution < -0.4 is 4.90 Å². The molecule has 0 radical (unpaired) electrons. The summed E-state index contributed by atoms with van der Waals surface area (Å²) in [6.07, 6.45) is 6.82. The number of aromatic nitrogens is 2. The van der Waals surface area contributed by atoms with Crippen molar-refractivity contribution in [3.05, 3.63) is 5.89 Å². The molecule has 1 unspecified atom stereocenters. The third kappa shape index (κ3) is 3.12. The van der Waals surface area contributed by atoms with Crippen LogP contribution in [-0.4, -0.2) is 28.7 Å². The van der Waals surface area contributed by atoms with Crippen molar-refractivity contribution >= 4 is 17.6 Å². The zero-order chi connectivity index (χ0) is 12.1. The van der Waals surface area contributed by atoms with E-state index in [9.17, 15) is 0 Å². The quantitative estimate of drug-likeness (QED) is 0.761. The monoisotopic (exact) mass is 257 g/mol. The van der Waals surface area contributed by atoms with E-state index >= 15 is 0 Å². The van der Waals surface area contributed by atoms with Crippen molar-refractivity contribution in [2.75, 3.05) is 17.3 Å². The predicted molar refractivity (Wildman–Crippen MR) is 68.6 cm³/mol. The van der Waals surface area contributed by atoms with Gasteiger partial charge in [-0.3, -0.25) is 0 Å². The lowest BCUT2D eigenvalue weighted by atomic mass is 9.99. The summed E-state index contributed by atoms with van der Waals surface area (Å²) in [5.41, 5.74) is 0. The number of nitrogens with zero attached hydrogens (tertiary/aromatic N) is 3. The number of hydrogen-bond acceptors (Lipinski definition) is 4. The Labute approximate surface area is 107 Å². The van der Waals surface area contributed by atoms with Crippen LogP contribution in [0.25, 0.3) is 0 Å². The van der Waals surface area contributed by atoms with Gasteiger partial charge < -0.3 is 9.32 Å². The minimum absolute atomic E-state index is 0.528. The topological polar surface area (TPSA) is 42.2 Å². The van der Waals surface area contributed by atoms with Gasteiger partial charge in [0.15, 0.2) is 0 Å². The average Bonchev–Trinajstić information content (AvgIpc) is 2.79. The summed E-state index contributed by atoms with van der Waals surface area (Å²) in [7, 11) is 0. The van der Waals surface area contributed by atoms with Crippen LogP contribution in [0.2, 0.25) is 0 Å². The van der Waals surface area contributed by atoms with Gasteiger partial charge in [0.2, 0.25) is 5.89 Å². The molecule has 5 heteroatoms. The highest BCUT2D eigenvalue weighted by molar-refractivity contribution is 6.17. The molecule has 4 nitrogen and oxygen atoms in total. The van der Waals surface area contributed by atoms with Crippen molar-refractivity contribution in [1.82, 2.24) is 10.2 Å². The Morgan fingerprint density at radius 2 is 2.29 bits per heavy atom. The first-order valence-electron chi connectivity index (χ1n) is 6.50. The smallest absolute Gasteiger partial charge is 0.318 e. The summed E-state index contributed by atoms with van der Waals surface area (Å²) < 4.78 is 5.66. The first kappa shape index (κ1) is 12.7. The van der Waals surface area contributed by atoms with Crippen LogP contribution in [0, 0.1) is 0 Å². The Morgan fingerprint density at radius 1 is 1.41 bits per heavy atom. The largest absolute Gasteiger partial charge is 0.408 e. The molecule has 0 bridgehead atoms. The molecule has 1 aliphatic rings. The number of halogens is 1. The van der Waals surface area contributed by atoms with Crippen LogP contribution in [0.15, 0.2) is 4.42 Å². The van der Waals surface area contributed by atoms with Crippen molar-refractivity contribution < 1.29 is 4.42 Å². The number of aryl methyl sites for hydroxylation is 1. The van der Waals surface area contributed by atoms with Crippen LogP contribution >= 0.6 is 11.6 Å². The number of piperidine rings is 1. The molecule has 1 aromatic rings. The molecule has 96 valence electrons. The number of anilines is 1. The van der Waals surface area contributed by atoms with E-state index in [1.165, 1.54) is 32.1 Å². The van der Waals surface area contributed by atoms with E-state index in [1.54, 1.807) is 0 Å². The lowest BCUT2D eigenvalue weighted by molar-refractivity contribution is 0.392. The Balaban J connectivity index is 2.06. The average molecular weight is 258 g/mol. The summed E-state index contributed by atoms with van der Waals surface area (Å²) >= 11 is 5.67. The number of hydrogen-bond donors (Lipinski definition) is 0. The maximum Gasteiger partial charge on any atom is 0.318 e. The van der Waals surface area contributed by atoms with Crippen LogP contribution in [-0.2, 0) is 6.42 Å². The molecule has 1 aromatic heterocycles. The first-order chi connectivity index (χ1) is 8.35. The highest BCUT2D eigenvalue weighted by atomic mass is 35.5. The maximum absolute atomic E-state index is 5.67. The molecule has 17 heavy (non-hydrogen) atoms. The Hall–Kier alpha value is -0.770. The minimum atomic E-state index is 0.528. The van der Waals surface area contributed by atoms with Crippen LogP contribution in [0.4, 0.5) is 6.01 Å². The predicted octanol–water partition coefficient (Wildman–Crippen LogP) is 3.01. The van der Waals surface area contributed by atoms with Gasteiger partial charge in [0.1, 0.15) is 0 Å². The molecular weight excluding hydrogens is 238 g/mol. The van der Waals surface area contributed by atoms with Crippen molar-refractivity contribution in [3.8, 4) is 0 Å². The van der Waals surface area contributed by atoms with Gasteiger partial charge in [0.25, 0.3) is 0 Å². The molecule has 2 rings (SSSR count). The van der Waals surface area contributed by atoms with Gasteiger partial charge in [0.05, 0.1) is 0 Å². The Morgan fingerprint density at radius 3 is 3.06 bits per heavy atom. The third-order valence-corrected chi connectivity index (χ3v) is 3.45. The fourth-order valence-electron chi connectivity index (χ4n) is 2.43. The second-order valence-electron chi connectivity index (χ2n) is 4.55. The van der Waals surface area contributed by atoms with E-state index in [1.807, 2.05) is 0 Å². The molecule has 0 saturated carbocycles. The van der Waals surface area contributed by atoms with Gasteiger partial charge in [-0.2, -0.15) is 0 Å². The fourth-order valence-corrected chi connectivity index (χ4v) is 2.59. The Kier molecular flexibility index (Phi) is 4.66. The standard InChI is InChI=1S/C12H20ClN3O/c1-2-5-10-6-3-4-9-16(10)12-15-14-11(17-12)7-8-13/h10H,2-9H2,1H3. The zero-order valence-electron chi connectivity index (χ0n) is 10.4.